The number of aliphatic carboxylic acids is 1. The fourth-order valence-corrected chi connectivity index (χ4v) is 3.29. The number of carbonyl (C=O) groups is 1. The van der Waals surface area contributed by atoms with Crippen LogP contribution in [0.5, 0.6) is 0 Å². The van der Waals surface area contributed by atoms with Gasteiger partial charge in [-0.1, -0.05) is 12.5 Å². The van der Waals surface area contributed by atoms with Crippen LogP contribution in [0.4, 0.5) is 4.39 Å². The Balaban J connectivity index is 2.38. The summed E-state index contributed by atoms with van der Waals surface area (Å²) in [6.07, 6.45) is 3.37. The van der Waals surface area contributed by atoms with E-state index < -0.39 is 11.5 Å². The lowest BCUT2D eigenvalue weighted by Crippen LogP contribution is -2.47. The van der Waals surface area contributed by atoms with Crippen molar-refractivity contribution in [3.8, 4) is 0 Å². The van der Waals surface area contributed by atoms with Crippen LogP contribution in [0.3, 0.4) is 0 Å². The number of benzene rings is 1. The lowest BCUT2D eigenvalue weighted by Gasteiger charge is -2.43. The molecule has 1 unspecified atom stereocenters. The van der Waals surface area contributed by atoms with Gasteiger partial charge in [-0.3, -0.25) is 9.69 Å². The topological polar surface area (TPSA) is 40.5 Å². The third kappa shape index (κ3) is 3.20. The van der Waals surface area contributed by atoms with E-state index in [2.05, 4.69) is 20.8 Å². The summed E-state index contributed by atoms with van der Waals surface area (Å²) in [6.45, 7) is 3.71. The summed E-state index contributed by atoms with van der Waals surface area (Å²) in [5, 5.41) is 9.25. The monoisotopic (exact) mass is 343 g/mol. The van der Waals surface area contributed by atoms with Crippen LogP contribution in [-0.2, 0) is 10.3 Å². The molecule has 0 aliphatic carbocycles. The average molecular weight is 344 g/mol. The molecule has 1 aliphatic rings. The van der Waals surface area contributed by atoms with Crippen LogP contribution in [0.25, 0.3) is 0 Å². The predicted octanol–water partition coefficient (Wildman–Crippen LogP) is 3.76. The molecule has 0 bridgehead atoms. The van der Waals surface area contributed by atoms with Gasteiger partial charge in [0.1, 0.15) is 5.82 Å². The van der Waals surface area contributed by atoms with Gasteiger partial charge in [0.25, 0.3) is 0 Å². The van der Waals surface area contributed by atoms with Crippen molar-refractivity contribution < 1.29 is 14.3 Å². The Morgan fingerprint density at radius 1 is 1.40 bits per heavy atom. The maximum Gasteiger partial charge on any atom is 0.305 e. The van der Waals surface area contributed by atoms with Gasteiger partial charge in [-0.25, -0.2) is 4.39 Å². The Kier molecular flexibility index (Phi) is 4.81. The number of hydrogen-bond donors (Lipinski definition) is 1. The van der Waals surface area contributed by atoms with Crippen LogP contribution >= 0.6 is 15.9 Å². The largest absolute Gasteiger partial charge is 0.481 e. The Morgan fingerprint density at radius 3 is 2.60 bits per heavy atom. The second-order valence-electron chi connectivity index (χ2n) is 5.52. The highest BCUT2D eigenvalue weighted by Gasteiger charge is 2.36. The summed E-state index contributed by atoms with van der Waals surface area (Å²) in [7, 11) is 0. The Hall–Kier alpha value is -0.940. The zero-order valence-corrected chi connectivity index (χ0v) is 13.1. The van der Waals surface area contributed by atoms with E-state index in [0.717, 1.165) is 31.5 Å². The quantitative estimate of drug-likeness (QED) is 0.904. The molecule has 2 rings (SSSR count). The number of carboxylic acid groups (broad SMARTS) is 1. The normalized spacial score (nSPS) is 19.6. The maximum atomic E-state index is 13.4. The summed E-state index contributed by atoms with van der Waals surface area (Å²) in [4.78, 5) is 13.5. The zero-order chi connectivity index (χ0) is 14.8. The molecule has 20 heavy (non-hydrogen) atoms. The Labute approximate surface area is 126 Å². The minimum Gasteiger partial charge on any atom is -0.481 e. The molecule has 3 nitrogen and oxygen atoms in total. The molecule has 1 aromatic rings. The van der Waals surface area contributed by atoms with Gasteiger partial charge in [-0.15, -0.1) is 0 Å². The van der Waals surface area contributed by atoms with Gasteiger partial charge in [-0.05, 0) is 66.5 Å². The van der Waals surface area contributed by atoms with Crippen molar-refractivity contribution in [2.24, 2.45) is 0 Å². The molecule has 1 saturated heterocycles. The molecule has 0 saturated carbocycles. The van der Waals surface area contributed by atoms with E-state index in [0.29, 0.717) is 4.47 Å². The third-order valence-corrected chi connectivity index (χ3v) is 4.70. The van der Waals surface area contributed by atoms with Crippen LogP contribution in [0, 0.1) is 5.82 Å². The van der Waals surface area contributed by atoms with Gasteiger partial charge >= 0.3 is 5.97 Å². The Morgan fingerprint density at radius 2 is 2.05 bits per heavy atom. The SMILES string of the molecule is CC(CC(=O)O)(c1ccc(F)c(Br)c1)N1CCCCC1. The van der Waals surface area contributed by atoms with Gasteiger partial charge in [0.2, 0.25) is 0 Å². The van der Waals surface area contributed by atoms with Gasteiger partial charge in [-0.2, -0.15) is 0 Å². The lowest BCUT2D eigenvalue weighted by molar-refractivity contribution is -0.140. The lowest BCUT2D eigenvalue weighted by atomic mass is 9.85. The van der Waals surface area contributed by atoms with Crippen molar-refractivity contribution >= 4 is 21.9 Å². The molecular weight excluding hydrogens is 325 g/mol. The summed E-state index contributed by atoms with van der Waals surface area (Å²) in [5.74, 6) is -1.16. The molecule has 110 valence electrons. The summed E-state index contributed by atoms with van der Waals surface area (Å²) in [6, 6.07) is 4.79. The highest BCUT2D eigenvalue weighted by atomic mass is 79.9. The highest BCUT2D eigenvalue weighted by Crippen LogP contribution is 2.36. The van der Waals surface area contributed by atoms with Gasteiger partial charge in [0, 0.05) is 0 Å². The molecule has 0 radical (unpaired) electrons. The molecular formula is C15H19BrFNO2. The van der Waals surface area contributed by atoms with Gasteiger partial charge < -0.3 is 5.11 Å². The second kappa shape index (κ2) is 6.22. The minimum atomic E-state index is -0.835. The highest BCUT2D eigenvalue weighted by molar-refractivity contribution is 9.10. The molecule has 1 aliphatic heterocycles. The number of carboxylic acids is 1. The minimum absolute atomic E-state index is 0.0189. The molecule has 1 atom stereocenters. The average Bonchev–Trinajstić information content (AvgIpc) is 2.42. The van der Waals surface area contributed by atoms with Crippen LogP contribution in [-0.4, -0.2) is 29.1 Å². The second-order valence-corrected chi connectivity index (χ2v) is 6.38. The smallest absolute Gasteiger partial charge is 0.305 e. The summed E-state index contributed by atoms with van der Waals surface area (Å²) < 4.78 is 13.8. The molecule has 0 aromatic heterocycles. The first-order valence-electron chi connectivity index (χ1n) is 6.86. The van der Waals surface area contributed by atoms with Crippen molar-refractivity contribution in [3.63, 3.8) is 0 Å². The number of halogens is 2. The number of rotatable bonds is 4. The molecule has 5 heteroatoms. The van der Waals surface area contributed by atoms with Crippen molar-refractivity contribution in [3.05, 3.63) is 34.1 Å². The first-order valence-corrected chi connectivity index (χ1v) is 7.65. The summed E-state index contributed by atoms with van der Waals surface area (Å²) in [5.41, 5.74) is 0.248. The van der Waals surface area contributed by atoms with E-state index in [4.69, 9.17) is 0 Å². The van der Waals surface area contributed by atoms with Crippen LogP contribution in [0.1, 0.15) is 38.2 Å². The maximum absolute atomic E-state index is 13.4. The molecule has 0 amide bonds. The summed E-state index contributed by atoms with van der Waals surface area (Å²) >= 11 is 3.19. The Bertz CT molecular complexity index is 503. The van der Waals surface area contributed by atoms with Crippen LogP contribution in [0.2, 0.25) is 0 Å². The number of hydrogen-bond acceptors (Lipinski definition) is 2. The molecule has 1 N–H and O–H groups in total. The predicted molar refractivity (Wildman–Crippen MR) is 79.1 cm³/mol. The molecule has 1 heterocycles. The van der Waals surface area contributed by atoms with Crippen LogP contribution in [0.15, 0.2) is 22.7 Å². The van der Waals surface area contributed by atoms with Gasteiger partial charge in [0.05, 0.1) is 16.4 Å². The third-order valence-electron chi connectivity index (χ3n) is 4.09. The van der Waals surface area contributed by atoms with Crippen molar-refractivity contribution in [2.45, 2.75) is 38.1 Å². The van der Waals surface area contributed by atoms with E-state index >= 15 is 0 Å². The fourth-order valence-electron chi connectivity index (χ4n) is 2.91. The zero-order valence-electron chi connectivity index (χ0n) is 11.5. The van der Waals surface area contributed by atoms with E-state index in [1.54, 1.807) is 12.1 Å². The number of likely N-dealkylation sites (tertiary alicyclic amines) is 1. The van der Waals surface area contributed by atoms with E-state index in [9.17, 15) is 14.3 Å². The van der Waals surface area contributed by atoms with Crippen LogP contribution < -0.4 is 0 Å². The molecule has 1 aromatic carbocycles. The van der Waals surface area contributed by atoms with E-state index in [1.807, 2.05) is 6.92 Å². The molecule has 0 spiro atoms. The first-order chi connectivity index (χ1) is 9.43. The van der Waals surface area contributed by atoms with Crippen molar-refractivity contribution in [2.75, 3.05) is 13.1 Å². The number of piperidine rings is 1. The standard InChI is InChI=1S/C15H19BrFNO2/c1-15(10-14(19)20,18-7-3-2-4-8-18)11-5-6-13(17)12(16)9-11/h5-6,9H,2-4,7-8,10H2,1H3,(H,19,20). The van der Waals surface area contributed by atoms with Crippen molar-refractivity contribution in [1.29, 1.82) is 0 Å². The van der Waals surface area contributed by atoms with E-state index in [1.165, 1.54) is 12.5 Å². The first kappa shape index (κ1) is 15.4. The van der Waals surface area contributed by atoms with E-state index in [-0.39, 0.29) is 12.2 Å². The van der Waals surface area contributed by atoms with Crippen molar-refractivity contribution in [1.82, 2.24) is 4.90 Å². The number of nitrogens with zero attached hydrogens (tertiary/aromatic N) is 1. The fraction of sp³-hybridized carbons (Fsp3) is 0.533. The van der Waals surface area contributed by atoms with Gasteiger partial charge in [0.15, 0.2) is 0 Å². The molecule has 1 fully saturated rings.